The van der Waals surface area contributed by atoms with E-state index in [0.29, 0.717) is 12.5 Å². The molecule has 5 nitrogen and oxygen atoms in total. The van der Waals surface area contributed by atoms with Crippen LogP contribution in [0.5, 0.6) is 0 Å². The van der Waals surface area contributed by atoms with E-state index in [0.717, 1.165) is 39.3 Å². The molecule has 0 aliphatic heterocycles. The number of nitrogens with one attached hydrogen (secondary N) is 1. The fourth-order valence-electron chi connectivity index (χ4n) is 3.08. The number of allylic oxidation sites excluding steroid dienone is 4. The smallest absolute Gasteiger partial charge is 0.206 e. The zero-order chi connectivity index (χ0) is 22.6. The Balaban J connectivity index is 0.00000166. The third-order valence-corrected chi connectivity index (χ3v) is 6.24. The first-order valence-corrected chi connectivity index (χ1v) is 12.2. The molecular formula is C24H34N5PS. The van der Waals surface area contributed by atoms with Crippen LogP contribution >= 0.6 is 20.6 Å². The van der Waals surface area contributed by atoms with Gasteiger partial charge in [-0.25, -0.2) is 0 Å². The van der Waals surface area contributed by atoms with Gasteiger partial charge in [-0.1, -0.05) is 67.8 Å². The van der Waals surface area contributed by atoms with Crippen molar-refractivity contribution < 1.29 is 0 Å². The van der Waals surface area contributed by atoms with Gasteiger partial charge < -0.3 is 11.1 Å². The number of nitrogens with zero attached hydrogens (tertiary/aromatic N) is 3. The first-order valence-electron chi connectivity index (χ1n) is 10.8. The van der Waals surface area contributed by atoms with Gasteiger partial charge in [0.1, 0.15) is 5.01 Å². The van der Waals surface area contributed by atoms with Crippen LogP contribution in [0.4, 0.5) is 5.13 Å². The first-order chi connectivity index (χ1) is 15.1. The van der Waals surface area contributed by atoms with Crippen LogP contribution in [0.15, 0.2) is 60.2 Å². The summed E-state index contributed by atoms with van der Waals surface area (Å²) in [6, 6.07) is 8.42. The van der Waals surface area contributed by atoms with E-state index in [1.165, 1.54) is 5.31 Å². The summed E-state index contributed by atoms with van der Waals surface area (Å²) in [5, 5.41) is 17.4. The van der Waals surface area contributed by atoms with Crippen LogP contribution in [0, 0.1) is 5.92 Å². The molecule has 0 aliphatic rings. The van der Waals surface area contributed by atoms with Crippen LogP contribution in [0.25, 0.3) is 21.3 Å². The quantitative estimate of drug-likeness (QED) is 0.294. The Morgan fingerprint density at radius 3 is 2.77 bits per heavy atom. The maximum atomic E-state index is 6.00. The Bertz CT molecular complexity index is 998. The summed E-state index contributed by atoms with van der Waals surface area (Å²) >= 11 is 1.56. The van der Waals surface area contributed by atoms with Gasteiger partial charge in [-0.15, -0.1) is 19.4 Å². The standard InChI is InChI=1S/C22H28N5PS.C2H6/c1-3-20(28)6-4-5-15(2)11-19(13-23)25-22-27-26-21(29-22)17-7-8-18-14-24-10-9-16(18)12-17;1-2/h3-5,7-10,12,14-15,19H,6,11,13,23,28H2,1-2H3,(H,25,27);1-2H3/b5-4-,20-3+;. The highest BCUT2D eigenvalue weighted by atomic mass is 32.1. The Morgan fingerprint density at radius 1 is 1.23 bits per heavy atom. The number of nitrogens with two attached hydrogens (primary N) is 1. The summed E-state index contributed by atoms with van der Waals surface area (Å²) in [5.41, 5.74) is 7.06. The van der Waals surface area contributed by atoms with Gasteiger partial charge in [0.2, 0.25) is 5.13 Å². The number of benzene rings is 1. The van der Waals surface area contributed by atoms with E-state index in [4.69, 9.17) is 5.73 Å². The van der Waals surface area contributed by atoms with Crippen molar-refractivity contribution in [2.75, 3.05) is 11.9 Å². The van der Waals surface area contributed by atoms with Crippen molar-refractivity contribution in [2.45, 2.75) is 46.6 Å². The second-order valence-electron chi connectivity index (χ2n) is 7.14. The van der Waals surface area contributed by atoms with Crippen molar-refractivity contribution in [2.24, 2.45) is 11.7 Å². The van der Waals surface area contributed by atoms with E-state index in [1.807, 2.05) is 26.1 Å². The van der Waals surface area contributed by atoms with Gasteiger partial charge in [0.05, 0.1) is 0 Å². The predicted octanol–water partition coefficient (Wildman–Crippen LogP) is 6.27. The molecule has 0 saturated carbocycles. The Hall–Kier alpha value is -2.14. The number of fused-ring (bicyclic) bond motifs is 1. The maximum Gasteiger partial charge on any atom is 0.206 e. The molecule has 0 radical (unpaired) electrons. The molecule has 166 valence electrons. The molecule has 0 aliphatic carbocycles. The van der Waals surface area contributed by atoms with E-state index >= 15 is 0 Å². The molecule has 3 aromatic rings. The summed E-state index contributed by atoms with van der Waals surface area (Å²) in [6.45, 7) is 8.83. The summed E-state index contributed by atoms with van der Waals surface area (Å²) in [4.78, 5) is 4.16. The molecule has 0 amide bonds. The Labute approximate surface area is 192 Å². The molecule has 2 heterocycles. The summed E-state index contributed by atoms with van der Waals surface area (Å²) in [5.74, 6) is 0.437. The zero-order valence-corrected chi connectivity index (χ0v) is 20.8. The molecule has 31 heavy (non-hydrogen) atoms. The van der Waals surface area contributed by atoms with Crippen LogP contribution in [0.1, 0.15) is 40.5 Å². The third-order valence-electron chi connectivity index (χ3n) is 4.77. The van der Waals surface area contributed by atoms with Crippen molar-refractivity contribution in [1.82, 2.24) is 15.2 Å². The highest BCUT2D eigenvalue weighted by Crippen LogP contribution is 2.29. The minimum absolute atomic E-state index is 0.162. The van der Waals surface area contributed by atoms with Crippen LogP contribution in [-0.4, -0.2) is 27.8 Å². The second-order valence-corrected chi connectivity index (χ2v) is 8.85. The minimum atomic E-state index is 0.162. The average molecular weight is 456 g/mol. The van der Waals surface area contributed by atoms with Crippen molar-refractivity contribution in [3.8, 4) is 10.6 Å². The predicted molar refractivity (Wildman–Crippen MR) is 139 cm³/mol. The van der Waals surface area contributed by atoms with Crippen LogP contribution in [0.2, 0.25) is 0 Å². The normalized spacial score (nSPS) is 13.7. The molecule has 3 atom stereocenters. The second kappa shape index (κ2) is 13.3. The highest BCUT2D eigenvalue weighted by molar-refractivity contribution is 7.22. The lowest BCUT2D eigenvalue weighted by atomic mass is 10.0. The molecule has 7 heteroatoms. The largest absolute Gasteiger partial charge is 0.356 e. The van der Waals surface area contributed by atoms with Gasteiger partial charge >= 0.3 is 0 Å². The topological polar surface area (TPSA) is 76.7 Å². The molecular weight excluding hydrogens is 421 g/mol. The minimum Gasteiger partial charge on any atom is -0.356 e. The summed E-state index contributed by atoms with van der Waals surface area (Å²) in [6.07, 6.45) is 12.2. The fourth-order valence-corrected chi connectivity index (χ4v) is 4.04. The lowest BCUT2D eigenvalue weighted by Crippen LogP contribution is -2.30. The average Bonchev–Trinajstić information content (AvgIpc) is 3.28. The molecule has 3 rings (SSSR count). The van der Waals surface area contributed by atoms with Crippen LogP contribution in [0.3, 0.4) is 0 Å². The zero-order valence-electron chi connectivity index (χ0n) is 18.9. The maximum absolute atomic E-state index is 6.00. The third kappa shape index (κ3) is 7.80. The van der Waals surface area contributed by atoms with E-state index in [9.17, 15) is 0 Å². The van der Waals surface area contributed by atoms with Gasteiger partial charge in [-0.2, -0.15) is 0 Å². The van der Waals surface area contributed by atoms with E-state index in [2.05, 4.69) is 80.0 Å². The van der Waals surface area contributed by atoms with Crippen molar-refractivity contribution >= 4 is 36.5 Å². The van der Waals surface area contributed by atoms with Crippen molar-refractivity contribution in [3.05, 3.63) is 60.2 Å². The Morgan fingerprint density at radius 2 is 2.03 bits per heavy atom. The monoisotopic (exact) mass is 455 g/mol. The summed E-state index contributed by atoms with van der Waals surface area (Å²) < 4.78 is 0. The number of anilines is 1. The van der Waals surface area contributed by atoms with Gasteiger partial charge in [0, 0.05) is 35.9 Å². The number of rotatable bonds is 9. The van der Waals surface area contributed by atoms with Gasteiger partial charge in [-0.05, 0) is 43.2 Å². The molecule has 3 unspecified atom stereocenters. The Kier molecular flexibility index (Phi) is 10.8. The SMILES string of the molecule is C/C=C(/P)C/C=C\C(C)CC(CN)Nc1nnc(-c2ccc3cnccc3c2)s1.CC. The van der Waals surface area contributed by atoms with Crippen molar-refractivity contribution in [1.29, 1.82) is 0 Å². The summed E-state index contributed by atoms with van der Waals surface area (Å²) in [7, 11) is 2.76. The molecule has 3 N–H and O–H groups in total. The number of hydrogen-bond acceptors (Lipinski definition) is 6. The van der Waals surface area contributed by atoms with Crippen LogP contribution < -0.4 is 11.1 Å². The molecule has 2 aromatic heterocycles. The lowest BCUT2D eigenvalue weighted by Gasteiger charge is -2.18. The first kappa shape index (κ1) is 25.1. The van der Waals surface area contributed by atoms with Gasteiger partial charge in [0.15, 0.2) is 0 Å². The van der Waals surface area contributed by atoms with E-state index in [-0.39, 0.29) is 6.04 Å². The lowest BCUT2D eigenvalue weighted by molar-refractivity contribution is 0.561. The van der Waals surface area contributed by atoms with E-state index in [1.54, 1.807) is 17.5 Å². The number of aromatic nitrogens is 3. The molecule has 0 saturated heterocycles. The molecule has 1 aromatic carbocycles. The van der Waals surface area contributed by atoms with Gasteiger partial charge in [0.25, 0.3) is 0 Å². The number of pyridine rings is 1. The molecule has 0 fully saturated rings. The van der Waals surface area contributed by atoms with Crippen LogP contribution in [-0.2, 0) is 0 Å². The van der Waals surface area contributed by atoms with Gasteiger partial charge in [-0.3, -0.25) is 4.98 Å². The van der Waals surface area contributed by atoms with Crippen molar-refractivity contribution in [3.63, 3.8) is 0 Å². The molecule has 0 spiro atoms. The number of hydrogen-bond donors (Lipinski definition) is 2. The fraction of sp³-hybridized carbons (Fsp3) is 0.375. The molecule has 0 bridgehead atoms. The van der Waals surface area contributed by atoms with E-state index < -0.39 is 0 Å². The highest BCUT2D eigenvalue weighted by Gasteiger charge is 2.14.